The highest BCUT2D eigenvalue weighted by Crippen LogP contribution is 2.11. The number of hydrogen-bond donors (Lipinski definition) is 3. The molecule has 0 aliphatic carbocycles. The van der Waals surface area contributed by atoms with Gasteiger partial charge in [0.15, 0.2) is 6.10 Å². The zero-order valence-electron chi connectivity index (χ0n) is 9.81. The highest BCUT2D eigenvalue weighted by atomic mass is 19.1. The topological polar surface area (TPSA) is 86.6 Å². The third-order valence-electron chi connectivity index (χ3n) is 2.42. The summed E-state index contributed by atoms with van der Waals surface area (Å²) in [5.41, 5.74) is 0.257. The van der Waals surface area contributed by atoms with E-state index in [0.29, 0.717) is 5.56 Å². The van der Waals surface area contributed by atoms with E-state index in [2.05, 4.69) is 5.32 Å². The maximum absolute atomic E-state index is 13.6. The van der Waals surface area contributed by atoms with E-state index < -0.39 is 23.8 Å². The number of halogens is 1. The van der Waals surface area contributed by atoms with Crippen LogP contribution in [0.4, 0.5) is 4.39 Å². The standard InChI is InChI=1S/C12H14FNO4/c1-7-3-2-4-8(10(7)13)11(16)14-6-5-9(15)12(17)18/h2-4,9,15H,5-6H2,1H3,(H,14,16)(H,17,18). The Morgan fingerprint density at radius 1 is 1.44 bits per heavy atom. The first-order valence-corrected chi connectivity index (χ1v) is 5.37. The highest BCUT2D eigenvalue weighted by molar-refractivity contribution is 5.94. The van der Waals surface area contributed by atoms with E-state index in [0.717, 1.165) is 0 Å². The molecule has 0 aliphatic rings. The Morgan fingerprint density at radius 3 is 2.72 bits per heavy atom. The van der Waals surface area contributed by atoms with E-state index in [4.69, 9.17) is 10.2 Å². The zero-order valence-corrected chi connectivity index (χ0v) is 9.81. The van der Waals surface area contributed by atoms with Gasteiger partial charge in [0.1, 0.15) is 5.82 Å². The number of carbonyl (C=O) groups excluding carboxylic acids is 1. The summed E-state index contributed by atoms with van der Waals surface area (Å²) in [7, 11) is 0. The molecule has 98 valence electrons. The molecule has 1 aromatic rings. The lowest BCUT2D eigenvalue weighted by molar-refractivity contribution is -0.146. The Labute approximate surface area is 103 Å². The molecule has 1 amide bonds. The lowest BCUT2D eigenvalue weighted by atomic mass is 10.1. The minimum atomic E-state index is -1.53. The molecular formula is C12H14FNO4. The molecule has 3 N–H and O–H groups in total. The van der Waals surface area contributed by atoms with E-state index in [1.54, 1.807) is 19.1 Å². The molecule has 1 rings (SSSR count). The summed E-state index contributed by atoms with van der Waals surface area (Å²) in [5, 5.41) is 19.8. The third kappa shape index (κ3) is 3.53. The number of aliphatic hydroxyl groups is 1. The van der Waals surface area contributed by atoms with Gasteiger partial charge in [-0.1, -0.05) is 12.1 Å². The summed E-state index contributed by atoms with van der Waals surface area (Å²) < 4.78 is 13.6. The number of carboxylic acid groups (broad SMARTS) is 1. The van der Waals surface area contributed by atoms with Crippen molar-refractivity contribution in [3.63, 3.8) is 0 Å². The van der Waals surface area contributed by atoms with E-state index in [-0.39, 0.29) is 18.5 Å². The molecule has 0 bridgehead atoms. The fourth-order valence-electron chi connectivity index (χ4n) is 1.36. The van der Waals surface area contributed by atoms with Crippen molar-refractivity contribution in [3.8, 4) is 0 Å². The molecule has 18 heavy (non-hydrogen) atoms. The van der Waals surface area contributed by atoms with Crippen molar-refractivity contribution in [2.75, 3.05) is 6.54 Å². The van der Waals surface area contributed by atoms with Gasteiger partial charge >= 0.3 is 5.97 Å². The first-order chi connectivity index (χ1) is 8.43. The largest absolute Gasteiger partial charge is 0.479 e. The molecule has 0 saturated carbocycles. The zero-order chi connectivity index (χ0) is 13.7. The van der Waals surface area contributed by atoms with Crippen LogP contribution >= 0.6 is 0 Å². The van der Waals surface area contributed by atoms with Crippen molar-refractivity contribution in [2.24, 2.45) is 0 Å². The number of carbonyl (C=O) groups is 2. The van der Waals surface area contributed by atoms with Crippen molar-refractivity contribution in [1.29, 1.82) is 0 Å². The monoisotopic (exact) mass is 255 g/mol. The summed E-state index contributed by atoms with van der Waals surface area (Å²) >= 11 is 0. The number of nitrogens with one attached hydrogen (secondary N) is 1. The Balaban J connectivity index is 2.56. The SMILES string of the molecule is Cc1cccc(C(=O)NCCC(O)C(=O)O)c1F. The summed E-state index contributed by atoms with van der Waals surface area (Å²) in [6.45, 7) is 1.50. The molecule has 0 aromatic heterocycles. The van der Waals surface area contributed by atoms with Crippen molar-refractivity contribution in [3.05, 3.63) is 35.1 Å². The second-order valence-corrected chi connectivity index (χ2v) is 3.84. The first kappa shape index (κ1) is 14.1. The average molecular weight is 255 g/mol. The summed E-state index contributed by atoms with van der Waals surface area (Å²) in [6.07, 6.45) is -1.67. The van der Waals surface area contributed by atoms with Gasteiger partial charge in [-0.15, -0.1) is 0 Å². The molecule has 6 heteroatoms. The fraction of sp³-hybridized carbons (Fsp3) is 0.333. The molecule has 0 heterocycles. The van der Waals surface area contributed by atoms with Crippen molar-refractivity contribution in [1.82, 2.24) is 5.32 Å². The van der Waals surface area contributed by atoms with Crippen LogP contribution in [0, 0.1) is 12.7 Å². The number of aliphatic carboxylic acids is 1. The lowest BCUT2D eigenvalue weighted by Gasteiger charge is -2.08. The molecule has 0 fully saturated rings. The van der Waals surface area contributed by atoms with Gasteiger partial charge in [0.25, 0.3) is 5.91 Å². The molecule has 0 radical (unpaired) electrons. The van der Waals surface area contributed by atoms with Crippen LogP contribution in [0.5, 0.6) is 0 Å². The Hall–Kier alpha value is -1.95. The quantitative estimate of drug-likeness (QED) is 0.722. The smallest absolute Gasteiger partial charge is 0.332 e. The van der Waals surface area contributed by atoms with Crippen LogP contribution in [0.3, 0.4) is 0 Å². The molecule has 0 saturated heterocycles. The summed E-state index contributed by atoms with van der Waals surface area (Å²) in [6, 6.07) is 4.44. The fourth-order valence-corrected chi connectivity index (χ4v) is 1.36. The lowest BCUT2D eigenvalue weighted by Crippen LogP contribution is -2.30. The third-order valence-corrected chi connectivity index (χ3v) is 2.42. The second-order valence-electron chi connectivity index (χ2n) is 3.84. The van der Waals surface area contributed by atoms with Crippen LogP contribution in [-0.4, -0.2) is 34.7 Å². The average Bonchev–Trinajstić information content (AvgIpc) is 2.32. The number of carboxylic acids is 1. The maximum Gasteiger partial charge on any atom is 0.332 e. The van der Waals surface area contributed by atoms with Crippen molar-refractivity contribution < 1.29 is 24.2 Å². The number of amides is 1. The van der Waals surface area contributed by atoms with E-state index in [9.17, 15) is 14.0 Å². The van der Waals surface area contributed by atoms with Crippen LogP contribution in [0.15, 0.2) is 18.2 Å². The van der Waals surface area contributed by atoms with Crippen LogP contribution in [-0.2, 0) is 4.79 Å². The predicted octanol–water partition coefficient (Wildman–Crippen LogP) is 0.700. The van der Waals surface area contributed by atoms with Crippen LogP contribution < -0.4 is 5.32 Å². The molecule has 0 spiro atoms. The van der Waals surface area contributed by atoms with Gasteiger partial charge < -0.3 is 15.5 Å². The minimum absolute atomic E-state index is 0.0420. The van der Waals surface area contributed by atoms with Gasteiger partial charge in [0, 0.05) is 13.0 Å². The predicted molar refractivity (Wildman–Crippen MR) is 61.7 cm³/mol. The summed E-state index contributed by atoms with van der Waals surface area (Å²) in [5.74, 6) is -2.59. The van der Waals surface area contributed by atoms with Gasteiger partial charge in [-0.3, -0.25) is 4.79 Å². The van der Waals surface area contributed by atoms with Gasteiger partial charge in [0.2, 0.25) is 0 Å². The number of rotatable bonds is 5. The Kier molecular flexibility index (Phi) is 4.79. The number of hydrogen-bond acceptors (Lipinski definition) is 3. The van der Waals surface area contributed by atoms with Crippen LogP contribution in [0.2, 0.25) is 0 Å². The molecule has 1 atom stereocenters. The maximum atomic E-state index is 13.6. The van der Waals surface area contributed by atoms with Gasteiger partial charge in [-0.2, -0.15) is 0 Å². The molecule has 5 nitrogen and oxygen atoms in total. The van der Waals surface area contributed by atoms with Gasteiger partial charge in [-0.05, 0) is 18.6 Å². The van der Waals surface area contributed by atoms with Gasteiger partial charge in [0.05, 0.1) is 5.56 Å². The number of aliphatic hydroxyl groups excluding tert-OH is 1. The Morgan fingerprint density at radius 2 is 2.11 bits per heavy atom. The number of aryl methyl sites for hydroxylation is 1. The van der Waals surface area contributed by atoms with Gasteiger partial charge in [-0.25, -0.2) is 9.18 Å². The first-order valence-electron chi connectivity index (χ1n) is 5.37. The summed E-state index contributed by atoms with van der Waals surface area (Å²) in [4.78, 5) is 21.9. The van der Waals surface area contributed by atoms with Crippen LogP contribution in [0.1, 0.15) is 22.3 Å². The molecule has 0 aliphatic heterocycles. The van der Waals surface area contributed by atoms with E-state index in [1.165, 1.54) is 6.07 Å². The second kappa shape index (κ2) is 6.11. The van der Waals surface area contributed by atoms with Crippen molar-refractivity contribution in [2.45, 2.75) is 19.4 Å². The molecular weight excluding hydrogens is 241 g/mol. The minimum Gasteiger partial charge on any atom is -0.479 e. The van der Waals surface area contributed by atoms with E-state index in [1.807, 2.05) is 0 Å². The normalized spacial score (nSPS) is 11.9. The molecule has 1 unspecified atom stereocenters. The van der Waals surface area contributed by atoms with Crippen LogP contribution in [0.25, 0.3) is 0 Å². The number of benzene rings is 1. The highest BCUT2D eigenvalue weighted by Gasteiger charge is 2.15. The molecule has 1 aromatic carbocycles. The Bertz CT molecular complexity index is 461. The van der Waals surface area contributed by atoms with E-state index >= 15 is 0 Å². The van der Waals surface area contributed by atoms with Crippen molar-refractivity contribution >= 4 is 11.9 Å².